The van der Waals surface area contributed by atoms with Gasteiger partial charge in [-0.05, 0) is 48.4 Å². The van der Waals surface area contributed by atoms with Gasteiger partial charge in [0.1, 0.15) is 11.6 Å². The number of fused-ring (bicyclic) bond motifs is 1. The van der Waals surface area contributed by atoms with Crippen molar-refractivity contribution in [3.05, 3.63) is 112 Å². The molecule has 150 valence electrons. The van der Waals surface area contributed by atoms with E-state index >= 15 is 0 Å². The minimum absolute atomic E-state index is 0.142. The van der Waals surface area contributed by atoms with Gasteiger partial charge in [0.15, 0.2) is 0 Å². The maximum Gasteiger partial charge on any atom is 0.258 e. The van der Waals surface area contributed by atoms with Crippen molar-refractivity contribution in [1.82, 2.24) is 14.9 Å². The number of H-pyrrole nitrogens is 1. The number of carbonyl (C=O) groups is 1. The fourth-order valence-electron chi connectivity index (χ4n) is 3.33. The monoisotopic (exact) mass is 401 g/mol. The number of carbonyl (C=O) groups excluding carboxylic acids is 1. The fourth-order valence-corrected chi connectivity index (χ4v) is 3.33. The molecular weight excluding hydrogens is 381 g/mol. The fraction of sp³-hybridized carbons (Fsp3) is 0.125. The van der Waals surface area contributed by atoms with Gasteiger partial charge < -0.3 is 9.88 Å². The Labute approximate surface area is 172 Å². The molecule has 0 bridgehead atoms. The lowest BCUT2D eigenvalue weighted by molar-refractivity contribution is 0.0740. The van der Waals surface area contributed by atoms with E-state index in [4.69, 9.17) is 0 Å². The van der Waals surface area contributed by atoms with Crippen LogP contribution in [0.4, 0.5) is 4.39 Å². The van der Waals surface area contributed by atoms with E-state index in [0.717, 1.165) is 5.56 Å². The Hall–Kier alpha value is -3.80. The topological polar surface area (TPSA) is 66.1 Å². The molecular formula is C24H20FN3O2. The molecule has 1 aromatic heterocycles. The zero-order chi connectivity index (χ0) is 20.9. The van der Waals surface area contributed by atoms with Crippen molar-refractivity contribution in [1.29, 1.82) is 0 Å². The molecule has 0 saturated carbocycles. The first-order valence-electron chi connectivity index (χ1n) is 9.67. The second kappa shape index (κ2) is 8.69. The van der Waals surface area contributed by atoms with Crippen molar-refractivity contribution in [2.24, 2.45) is 0 Å². The molecule has 1 amide bonds. The van der Waals surface area contributed by atoms with Crippen molar-refractivity contribution in [2.75, 3.05) is 6.54 Å². The SMILES string of the molecule is O=C(c1ccc(F)cc1)N(CCc1ccccc1)Cc1nc2ccccc2c(=O)[nH]1. The molecule has 0 aliphatic carbocycles. The summed E-state index contributed by atoms with van der Waals surface area (Å²) in [5.41, 5.74) is 1.81. The molecule has 0 radical (unpaired) electrons. The minimum atomic E-state index is -0.400. The van der Waals surface area contributed by atoms with Crippen LogP contribution in [0.3, 0.4) is 0 Å². The molecule has 4 rings (SSSR count). The van der Waals surface area contributed by atoms with Crippen LogP contribution in [0.15, 0.2) is 83.7 Å². The van der Waals surface area contributed by atoms with Crippen LogP contribution >= 0.6 is 0 Å². The zero-order valence-electron chi connectivity index (χ0n) is 16.2. The Balaban J connectivity index is 1.63. The first-order chi connectivity index (χ1) is 14.6. The third-order valence-electron chi connectivity index (χ3n) is 4.89. The summed E-state index contributed by atoms with van der Waals surface area (Å²) in [6.07, 6.45) is 0.644. The second-order valence-electron chi connectivity index (χ2n) is 7.00. The van der Waals surface area contributed by atoms with Gasteiger partial charge in [0.05, 0.1) is 17.4 Å². The van der Waals surface area contributed by atoms with Gasteiger partial charge in [0, 0.05) is 12.1 Å². The standard InChI is InChI=1S/C24H20FN3O2/c25-19-12-10-18(11-13-19)24(30)28(15-14-17-6-2-1-3-7-17)16-22-26-21-9-5-4-8-20(21)23(29)27-22/h1-13H,14-16H2,(H,26,27,29). The summed E-state index contributed by atoms with van der Waals surface area (Å²) in [7, 11) is 0. The van der Waals surface area contributed by atoms with Crippen molar-refractivity contribution in [3.8, 4) is 0 Å². The summed E-state index contributed by atoms with van der Waals surface area (Å²) in [6.45, 7) is 0.569. The number of hydrogen-bond acceptors (Lipinski definition) is 3. The van der Waals surface area contributed by atoms with E-state index in [9.17, 15) is 14.0 Å². The van der Waals surface area contributed by atoms with E-state index in [0.29, 0.717) is 35.3 Å². The lowest BCUT2D eigenvalue weighted by Crippen LogP contribution is -2.34. The van der Waals surface area contributed by atoms with Crippen molar-refractivity contribution in [3.63, 3.8) is 0 Å². The number of amides is 1. The maximum atomic E-state index is 13.3. The zero-order valence-corrected chi connectivity index (χ0v) is 16.2. The Morgan fingerprint density at radius 2 is 1.63 bits per heavy atom. The van der Waals surface area contributed by atoms with E-state index in [2.05, 4.69) is 9.97 Å². The van der Waals surface area contributed by atoms with Crippen LogP contribution in [0, 0.1) is 5.82 Å². The van der Waals surface area contributed by atoms with Gasteiger partial charge in [-0.1, -0.05) is 42.5 Å². The van der Waals surface area contributed by atoms with Gasteiger partial charge in [-0.2, -0.15) is 0 Å². The number of para-hydroxylation sites is 1. The average molecular weight is 401 g/mol. The molecule has 0 spiro atoms. The molecule has 4 aromatic rings. The summed E-state index contributed by atoms with van der Waals surface area (Å²) in [6, 6.07) is 22.4. The van der Waals surface area contributed by atoms with E-state index in [-0.39, 0.29) is 18.0 Å². The predicted molar refractivity (Wildman–Crippen MR) is 114 cm³/mol. The van der Waals surface area contributed by atoms with Crippen LogP contribution in [0.5, 0.6) is 0 Å². The molecule has 0 saturated heterocycles. The molecule has 0 unspecified atom stereocenters. The average Bonchev–Trinajstić information content (AvgIpc) is 2.77. The predicted octanol–water partition coefficient (Wildman–Crippen LogP) is 3.95. The number of benzene rings is 3. The van der Waals surface area contributed by atoms with Crippen molar-refractivity contribution >= 4 is 16.8 Å². The highest BCUT2D eigenvalue weighted by Crippen LogP contribution is 2.13. The van der Waals surface area contributed by atoms with E-state index < -0.39 is 5.82 Å². The van der Waals surface area contributed by atoms with Gasteiger partial charge in [0.25, 0.3) is 11.5 Å². The van der Waals surface area contributed by atoms with Crippen LogP contribution in [0.2, 0.25) is 0 Å². The van der Waals surface area contributed by atoms with E-state index in [1.54, 1.807) is 23.1 Å². The first-order valence-corrected chi connectivity index (χ1v) is 9.67. The highest BCUT2D eigenvalue weighted by molar-refractivity contribution is 5.94. The third-order valence-corrected chi connectivity index (χ3v) is 4.89. The van der Waals surface area contributed by atoms with Gasteiger partial charge >= 0.3 is 0 Å². The van der Waals surface area contributed by atoms with Crippen LogP contribution in [0.1, 0.15) is 21.7 Å². The van der Waals surface area contributed by atoms with Crippen LogP contribution in [-0.4, -0.2) is 27.3 Å². The number of aromatic nitrogens is 2. The van der Waals surface area contributed by atoms with Crippen LogP contribution < -0.4 is 5.56 Å². The van der Waals surface area contributed by atoms with Crippen molar-refractivity contribution in [2.45, 2.75) is 13.0 Å². The Kier molecular flexibility index (Phi) is 5.66. The molecule has 30 heavy (non-hydrogen) atoms. The minimum Gasteiger partial charge on any atom is -0.331 e. The summed E-state index contributed by atoms with van der Waals surface area (Å²) >= 11 is 0. The summed E-state index contributed by atoms with van der Waals surface area (Å²) in [5.74, 6) is -0.244. The number of hydrogen-bond donors (Lipinski definition) is 1. The quantitative estimate of drug-likeness (QED) is 0.532. The summed E-state index contributed by atoms with van der Waals surface area (Å²) < 4.78 is 13.3. The van der Waals surface area contributed by atoms with Crippen molar-refractivity contribution < 1.29 is 9.18 Å². The third kappa shape index (κ3) is 4.43. The molecule has 6 heteroatoms. The number of nitrogens with zero attached hydrogens (tertiary/aromatic N) is 2. The Bertz CT molecular complexity index is 1220. The number of rotatable bonds is 6. The molecule has 0 atom stereocenters. The summed E-state index contributed by atoms with van der Waals surface area (Å²) in [4.78, 5) is 34.4. The Morgan fingerprint density at radius 3 is 2.40 bits per heavy atom. The highest BCUT2D eigenvalue weighted by Gasteiger charge is 2.18. The lowest BCUT2D eigenvalue weighted by atomic mass is 10.1. The second-order valence-corrected chi connectivity index (χ2v) is 7.00. The maximum absolute atomic E-state index is 13.3. The molecule has 3 aromatic carbocycles. The van der Waals surface area contributed by atoms with Gasteiger partial charge in [-0.15, -0.1) is 0 Å². The summed E-state index contributed by atoms with van der Waals surface area (Å²) in [5, 5.41) is 0.502. The molecule has 0 aliphatic heterocycles. The number of halogens is 1. The van der Waals surface area contributed by atoms with Crippen LogP contribution in [0.25, 0.3) is 10.9 Å². The van der Waals surface area contributed by atoms with Crippen LogP contribution in [-0.2, 0) is 13.0 Å². The molecule has 1 N–H and O–H groups in total. The molecule has 1 heterocycles. The molecule has 0 aliphatic rings. The lowest BCUT2D eigenvalue weighted by Gasteiger charge is -2.22. The largest absolute Gasteiger partial charge is 0.331 e. The first kappa shape index (κ1) is 19.5. The van der Waals surface area contributed by atoms with Gasteiger partial charge in [-0.3, -0.25) is 9.59 Å². The smallest absolute Gasteiger partial charge is 0.258 e. The van der Waals surface area contributed by atoms with Gasteiger partial charge in [-0.25, -0.2) is 9.37 Å². The number of aromatic amines is 1. The van der Waals surface area contributed by atoms with E-state index in [1.807, 2.05) is 36.4 Å². The Morgan fingerprint density at radius 1 is 0.933 bits per heavy atom. The molecule has 0 fully saturated rings. The highest BCUT2D eigenvalue weighted by atomic mass is 19.1. The molecule has 5 nitrogen and oxygen atoms in total. The van der Waals surface area contributed by atoms with Gasteiger partial charge in [0.2, 0.25) is 0 Å². The van der Waals surface area contributed by atoms with E-state index in [1.165, 1.54) is 24.3 Å². The number of nitrogens with one attached hydrogen (secondary N) is 1. The normalized spacial score (nSPS) is 10.8.